The van der Waals surface area contributed by atoms with Crippen molar-refractivity contribution in [1.82, 2.24) is 5.32 Å². The van der Waals surface area contributed by atoms with E-state index in [1.165, 1.54) is 89.9 Å². The average Bonchev–Trinajstić information content (AvgIpc) is 3.21. The summed E-state index contributed by atoms with van der Waals surface area (Å²) in [4.78, 5) is 13.0. The topological polar surface area (TPSA) is 149 Å². The van der Waals surface area contributed by atoms with E-state index in [1.54, 1.807) is 0 Å². The van der Waals surface area contributed by atoms with Gasteiger partial charge in [-0.3, -0.25) is 4.79 Å². The van der Waals surface area contributed by atoms with E-state index in [-0.39, 0.29) is 12.5 Å². The Labute approximate surface area is 348 Å². The molecule has 0 bridgehead atoms. The molecule has 1 aliphatic heterocycles. The number of hydrogen-bond donors (Lipinski definition) is 6. The Morgan fingerprint density at radius 3 is 1.61 bits per heavy atom. The highest BCUT2D eigenvalue weighted by Gasteiger charge is 2.44. The van der Waals surface area contributed by atoms with E-state index in [9.17, 15) is 30.3 Å². The lowest BCUT2D eigenvalue weighted by Gasteiger charge is -2.40. The predicted octanol–water partition coefficient (Wildman–Crippen LogP) is 9.84. The lowest BCUT2D eigenvalue weighted by Crippen LogP contribution is -2.60. The van der Waals surface area contributed by atoms with Gasteiger partial charge in [0, 0.05) is 6.42 Å². The van der Waals surface area contributed by atoms with Crippen LogP contribution in [0, 0.1) is 0 Å². The van der Waals surface area contributed by atoms with E-state index >= 15 is 0 Å². The van der Waals surface area contributed by atoms with Crippen molar-refractivity contribution in [2.45, 2.75) is 236 Å². The standard InChI is InChI=1S/C48H87NO8/c1-3-5-7-9-11-13-15-17-19-21-23-25-27-29-31-33-35-37-42(51)41(40-56-48-47(55)46(54)45(53)43(39-50)57-48)49-44(52)38-36-34-32-30-28-26-24-22-20-18-16-14-12-10-8-6-4-2/h6,8,12,14,18,20,24,26,41-43,45-48,50-51,53-55H,3-5,7,9-11,13,15-17,19,21-23,25,27-40H2,1-2H3,(H,49,52)/b8-6-,14-12-,20-18-,26-24-. The molecule has 0 radical (unpaired) electrons. The van der Waals surface area contributed by atoms with Crippen LogP contribution in [0.1, 0.15) is 194 Å². The molecule has 0 aromatic rings. The fourth-order valence-corrected chi connectivity index (χ4v) is 7.21. The first-order valence-electron chi connectivity index (χ1n) is 23.3. The first kappa shape index (κ1) is 53.2. The average molecular weight is 806 g/mol. The van der Waals surface area contributed by atoms with Crippen molar-refractivity contribution in [3.63, 3.8) is 0 Å². The molecule has 7 atom stereocenters. The minimum Gasteiger partial charge on any atom is -0.394 e. The van der Waals surface area contributed by atoms with E-state index in [0.29, 0.717) is 12.8 Å². The molecule has 9 heteroatoms. The van der Waals surface area contributed by atoms with Crippen LogP contribution in [-0.2, 0) is 14.3 Å². The van der Waals surface area contributed by atoms with Crippen molar-refractivity contribution < 1.29 is 39.8 Å². The molecule has 1 aliphatic rings. The Morgan fingerprint density at radius 2 is 1.09 bits per heavy atom. The van der Waals surface area contributed by atoms with Crippen molar-refractivity contribution in [2.75, 3.05) is 13.2 Å². The Balaban J connectivity index is 2.35. The van der Waals surface area contributed by atoms with Gasteiger partial charge in [-0.15, -0.1) is 0 Å². The molecule has 1 rings (SSSR count). The fourth-order valence-electron chi connectivity index (χ4n) is 7.21. The molecule has 57 heavy (non-hydrogen) atoms. The number of aliphatic hydroxyl groups is 5. The molecule has 7 unspecified atom stereocenters. The molecule has 332 valence electrons. The van der Waals surface area contributed by atoms with E-state index in [4.69, 9.17) is 9.47 Å². The zero-order valence-electron chi connectivity index (χ0n) is 36.3. The van der Waals surface area contributed by atoms with Crippen molar-refractivity contribution in [1.29, 1.82) is 0 Å². The number of allylic oxidation sites excluding steroid dienone is 8. The lowest BCUT2D eigenvalue weighted by atomic mass is 9.99. The number of aliphatic hydroxyl groups excluding tert-OH is 5. The molecule has 1 saturated heterocycles. The van der Waals surface area contributed by atoms with Gasteiger partial charge in [-0.2, -0.15) is 0 Å². The molecular formula is C48H87NO8. The van der Waals surface area contributed by atoms with Crippen LogP contribution in [0.4, 0.5) is 0 Å². The second-order valence-corrected chi connectivity index (χ2v) is 16.2. The fraction of sp³-hybridized carbons (Fsp3) is 0.812. The van der Waals surface area contributed by atoms with Gasteiger partial charge in [0.1, 0.15) is 24.4 Å². The summed E-state index contributed by atoms with van der Waals surface area (Å²) in [6.07, 6.45) is 41.1. The molecule has 9 nitrogen and oxygen atoms in total. The smallest absolute Gasteiger partial charge is 0.220 e. The first-order chi connectivity index (χ1) is 27.8. The molecule has 0 aromatic carbocycles. The Bertz CT molecular complexity index is 1030. The Kier molecular flexibility index (Phi) is 35.8. The van der Waals surface area contributed by atoms with Crippen LogP contribution in [-0.4, -0.2) is 87.5 Å². The predicted molar refractivity (Wildman–Crippen MR) is 235 cm³/mol. The van der Waals surface area contributed by atoms with Gasteiger partial charge < -0.3 is 40.3 Å². The van der Waals surface area contributed by atoms with Crippen molar-refractivity contribution in [3.05, 3.63) is 48.6 Å². The molecule has 0 aromatic heterocycles. The maximum atomic E-state index is 13.0. The van der Waals surface area contributed by atoms with E-state index < -0.39 is 49.5 Å². The van der Waals surface area contributed by atoms with Crippen LogP contribution < -0.4 is 5.32 Å². The summed E-state index contributed by atoms with van der Waals surface area (Å²) in [6.45, 7) is 3.70. The van der Waals surface area contributed by atoms with E-state index in [1.807, 2.05) is 0 Å². The van der Waals surface area contributed by atoms with Crippen molar-refractivity contribution >= 4 is 5.91 Å². The van der Waals surface area contributed by atoms with Crippen LogP contribution in [0.2, 0.25) is 0 Å². The van der Waals surface area contributed by atoms with Crippen LogP contribution in [0.25, 0.3) is 0 Å². The Morgan fingerprint density at radius 1 is 0.614 bits per heavy atom. The number of carbonyl (C=O) groups is 1. The molecule has 6 N–H and O–H groups in total. The highest BCUT2D eigenvalue weighted by molar-refractivity contribution is 5.76. The number of carbonyl (C=O) groups excluding carboxylic acids is 1. The second kappa shape index (κ2) is 38.4. The molecule has 0 saturated carbocycles. The molecule has 1 heterocycles. The van der Waals surface area contributed by atoms with Gasteiger partial charge in [0.05, 0.1) is 25.4 Å². The first-order valence-corrected chi connectivity index (χ1v) is 23.3. The van der Waals surface area contributed by atoms with Crippen LogP contribution in [0.15, 0.2) is 48.6 Å². The highest BCUT2D eigenvalue weighted by atomic mass is 16.7. The third kappa shape index (κ3) is 29.1. The van der Waals surface area contributed by atoms with Gasteiger partial charge in [0.15, 0.2) is 6.29 Å². The highest BCUT2D eigenvalue weighted by Crippen LogP contribution is 2.23. The minimum absolute atomic E-state index is 0.149. The molecule has 0 spiro atoms. The van der Waals surface area contributed by atoms with Gasteiger partial charge in [-0.05, 0) is 51.4 Å². The quantitative estimate of drug-likeness (QED) is 0.0267. The van der Waals surface area contributed by atoms with E-state index in [2.05, 4.69) is 67.8 Å². The van der Waals surface area contributed by atoms with Crippen molar-refractivity contribution in [3.8, 4) is 0 Å². The molecule has 1 fully saturated rings. The second-order valence-electron chi connectivity index (χ2n) is 16.2. The summed E-state index contributed by atoms with van der Waals surface area (Å²) in [7, 11) is 0. The van der Waals surface area contributed by atoms with Crippen LogP contribution >= 0.6 is 0 Å². The largest absolute Gasteiger partial charge is 0.394 e. The number of nitrogens with one attached hydrogen (secondary N) is 1. The Hall–Kier alpha value is -1.85. The summed E-state index contributed by atoms with van der Waals surface area (Å²) >= 11 is 0. The summed E-state index contributed by atoms with van der Waals surface area (Å²) in [5.74, 6) is -0.169. The number of rotatable bonds is 38. The van der Waals surface area contributed by atoms with Gasteiger partial charge >= 0.3 is 0 Å². The van der Waals surface area contributed by atoms with Gasteiger partial charge in [-0.1, -0.05) is 184 Å². The van der Waals surface area contributed by atoms with Gasteiger partial charge in [-0.25, -0.2) is 0 Å². The lowest BCUT2D eigenvalue weighted by molar-refractivity contribution is -0.302. The monoisotopic (exact) mass is 806 g/mol. The minimum atomic E-state index is -1.56. The normalized spacial score (nSPS) is 21.4. The molecule has 0 aliphatic carbocycles. The van der Waals surface area contributed by atoms with Gasteiger partial charge in [0.25, 0.3) is 0 Å². The van der Waals surface area contributed by atoms with Crippen LogP contribution in [0.3, 0.4) is 0 Å². The third-order valence-corrected chi connectivity index (χ3v) is 10.9. The SMILES string of the molecule is CC/C=C\C/C=C\C/C=C\C/C=C\CCCCCCC(=O)NC(COC1OC(CO)C(O)C(O)C1O)C(O)CCCCCCCCCCCCCCCCCCC. The number of amides is 1. The molecular weight excluding hydrogens is 719 g/mol. The zero-order chi connectivity index (χ0) is 41.6. The van der Waals surface area contributed by atoms with Gasteiger partial charge in [0.2, 0.25) is 5.91 Å². The van der Waals surface area contributed by atoms with Crippen LogP contribution in [0.5, 0.6) is 0 Å². The summed E-state index contributed by atoms with van der Waals surface area (Å²) < 4.78 is 11.3. The maximum Gasteiger partial charge on any atom is 0.220 e. The summed E-state index contributed by atoms with van der Waals surface area (Å²) in [5.41, 5.74) is 0. The number of hydrogen-bond acceptors (Lipinski definition) is 8. The zero-order valence-corrected chi connectivity index (χ0v) is 36.3. The summed E-state index contributed by atoms with van der Waals surface area (Å²) in [5, 5.41) is 54.4. The maximum absolute atomic E-state index is 13.0. The van der Waals surface area contributed by atoms with E-state index in [0.717, 1.165) is 77.0 Å². The molecule has 1 amide bonds. The number of ether oxygens (including phenoxy) is 2. The number of unbranched alkanes of at least 4 members (excludes halogenated alkanes) is 20. The third-order valence-electron chi connectivity index (χ3n) is 10.9. The summed E-state index contributed by atoms with van der Waals surface area (Å²) in [6, 6.07) is -0.732. The van der Waals surface area contributed by atoms with Crippen molar-refractivity contribution in [2.24, 2.45) is 0 Å².